The zero-order valence-electron chi connectivity index (χ0n) is 15.2. The minimum Gasteiger partial charge on any atom is -0.469 e. The number of hydrogen-bond donors (Lipinski definition) is 1. The fraction of sp³-hybridized carbons (Fsp3) is 0.350. The van der Waals surface area contributed by atoms with Crippen molar-refractivity contribution in [2.45, 2.75) is 25.8 Å². The predicted molar refractivity (Wildman–Crippen MR) is 97.4 cm³/mol. The minimum atomic E-state index is -0.901. The molecule has 0 bridgehead atoms. The highest BCUT2D eigenvalue weighted by Crippen LogP contribution is 2.16. The van der Waals surface area contributed by atoms with E-state index in [1.54, 1.807) is 6.92 Å². The van der Waals surface area contributed by atoms with Gasteiger partial charge >= 0.3 is 11.9 Å². The average molecular weight is 357 g/mol. The fourth-order valence-electron chi connectivity index (χ4n) is 2.79. The Kier molecular flexibility index (Phi) is 6.72. The molecular weight excluding hydrogens is 334 g/mol. The smallest absolute Gasteiger partial charge is 0.328 e. The summed E-state index contributed by atoms with van der Waals surface area (Å²) in [6.45, 7) is 1.64. The molecule has 0 saturated heterocycles. The SMILES string of the molecule is COC(=O)[C@H](C)C[C@H](NC(=O)Cc1ccc2ccccc2c1)C(=O)OC. The molecule has 0 spiro atoms. The van der Waals surface area contributed by atoms with Crippen LogP contribution in [0.2, 0.25) is 0 Å². The Bertz CT molecular complexity index is 802. The molecule has 0 aliphatic rings. The van der Waals surface area contributed by atoms with Crippen molar-refractivity contribution in [3.8, 4) is 0 Å². The van der Waals surface area contributed by atoms with E-state index in [0.717, 1.165) is 16.3 Å². The molecule has 1 N–H and O–H groups in total. The van der Waals surface area contributed by atoms with Crippen molar-refractivity contribution in [3.63, 3.8) is 0 Å². The standard InChI is InChI=1S/C20H23NO5/c1-13(19(23)25-2)10-17(20(24)26-3)21-18(22)12-14-8-9-15-6-4-5-7-16(15)11-14/h4-9,11,13,17H,10,12H2,1-3H3,(H,21,22)/t13-,17+/m1/s1. The number of fused-ring (bicyclic) bond motifs is 1. The quantitative estimate of drug-likeness (QED) is 0.769. The van der Waals surface area contributed by atoms with Crippen LogP contribution in [-0.2, 0) is 30.3 Å². The van der Waals surface area contributed by atoms with Gasteiger partial charge in [0.2, 0.25) is 5.91 Å². The van der Waals surface area contributed by atoms with E-state index in [9.17, 15) is 14.4 Å². The number of benzene rings is 2. The number of carbonyl (C=O) groups excluding carboxylic acids is 3. The number of ether oxygens (including phenoxy) is 2. The second-order valence-electron chi connectivity index (χ2n) is 6.16. The van der Waals surface area contributed by atoms with Crippen molar-refractivity contribution in [2.24, 2.45) is 5.92 Å². The van der Waals surface area contributed by atoms with E-state index in [1.807, 2.05) is 42.5 Å². The second-order valence-corrected chi connectivity index (χ2v) is 6.16. The zero-order chi connectivity index (χ0) is 19.1. The summed E-state index contributed by atoms with van der Waals surface area (Å²) < 4.78 is 9.39. The molecule has 0 aromatic heterocycles. The van der Waals surface area contributed by atoms with Crippen LogP contribution in [0.5, 0.6) is 0 Å². The summed E-state index contributed by atoms with van der Waals surface area (Å²) in [6, 6.07) is 12.8. The molecule has 1 amide bonds. The van der Waals surface area contributed by atoms with Crippen LogP contribution < -0.4 is 5.32 Å². The maximum absolute atomic E-state index is 12.4. The van der Waals surface area contributed by atoms with E-state index in [0.29, 0.717) is 0 Å². The molecule has 0 aliphatic heterocycles. The van der Waals surface area contributed by atoms with Gasteiger partial charge in [0.1, 0.15) is 6.04 Å². The van der Waals surface area contributed by atoms with Crippen molar-refractivity contribution in [2.75, 3.05) is 14.2 Å². The van der Waals surface area contributed by atoms with Gasteiger partial charge in [0.15, 0.2) is 0 Å². The van der Waals surface area contributed by atoms with E-state index in [1.165, 1.54) is 14.2 Å². The first kappa shape index (κ1) is 19.4. The van der Waals surface area contributed by atoms with Crippen LogP contribution in [0.4, 0.5) is 0 Å². The summed E-state index contributed by atoms with van der Waals surface area (Å²) in [7, 11) is 2.53. The Labute approximate surface area is 152 Å². The van der Waals surface area contributed by atoms with Crippen LogP contribution in [0.1, 0.15) is 18.9 Å². The Morgan fingerprint density at radius 2 is 1.62 bits per heavy atom. The summed E-state index contributed by atoms with van der Waals surface area (Å²) in [5, 5.41) is 4.79. The van der Waals surface area contributed by atoms with Crippen LogP contribution in [0.3, 0.4) is 0 Å². The number of esters is 2. The van der Waals surface area contributed by atoms with Crippen molar-refractivity contribution in [1.29, 1.82) is 0 Å². The van der Waals surface area contributed by atoms with Gasteiger partial charge in [0, 0.05) is 0 Å². The van der Waals surface area contributed by atoms with Crippen molar-refractivity contribution < 1.29 is 23.9 Å². The summed E-state index contributed by atoms with van der Waals surface area (Å²) >= 11 is 0. The van der Waals surface area contributed by atoms with Gasteiger partial charge in [-0.05, 0) is 22.8 Å². The molecule has 0 heterocycles. The molecule has 0 fully saturated rings. The van der Waals surface area contributed by atoms with E-state index in [2.05, 4.69) is 10.1 Å². The molecule has 2 aromatic carbocycles. The maximum atomic E-state index is 12.4. The molecule has 0 radical (unpaired) electrons. The summed E-state index contributed by atoms with van der Waals surface area (Å²) in [5.74, 6) is -1.88. The lowest BCUT2D eigenvalue weighted by atomic mass is 10.0. The average Bonchev–Trinajstić information content (AvgIpc) is 2.65. The van der Waals surface area contributed by atoms with Crippen LogP contribution in [0.25, 0.3) is 10.8 Å². The second kappa shape index (κ2) is 8.99. The normalized spacial score (nSPS) is 12.9. The highest BCUT2D eigenvalue weighted by atomic mass is 16.5. The van der Waals surface area contributed by atoms with Crippen molar-refractivity contribution in [1.82, 2.24) is 5.32 Å². The van der Waals surface area contributed by atoms with Gasteiger partial charge in [0.25, 0.3) is 0 Å². The Morgan fingerprint density at radius 3 is 2.27 bits per heavy atom. The van der Waals surface area contributed by atoms with Crippen LogP contribution in [-0.4, -0.2) is 38.1 Å². The van der Waals surface area contributed by atoms with Crippen molar-refractivity contribution >= 4 is 28.6 Å². The zero-order valence-corrected chi connectivity index (χ0v) is 15.2. The number of methoxy groups -OCH3 is 2. The molecule has 2 atom stereocenters. The molecule has 2 rings (SSSR count). The van der Waals surface area contributed by atoms with Gasteiger partial charge in [-0.1, -0.05) is 49.4 Å². The molecule has 0 aliphatic carbocycles. The van der Waals surface area contributed by atoms with Crippen LogP contribution in [0.15, 0.2) is 42.5 Å². The molecule has 6 heteroatoms. The van der Waals surface area contributed by atoms with E-state index in [-0.39, 0.29) is 18.7 Å². The van der Waals surface area contributed by atoms with Gasteiger partial charge in [-0.15, -0.1) is 0 Å². The third kappa shape index (κ3) is 5.05. The van der Waals surface area contributed by atoms with E-state index < -0.39 is 23.9 Å². The molecule has 2 aromatic rings. The lowest BCUT2D eigenvalue weighted by Gasteiger charge is -2.19. The monoisotopic (exact) mass is 357 g/mol. The summed E-state index contributed by atoms with van der Waals surface area (Å²) in [5.41, 5.74) is 0.839. The molecular formula is C20H23NO5. The molecule has 6 nitrogen and oxygen atoms in total. The van der Waals surface area contributed by atoms with Gasteiger partial charge < -0.3 is 14.8 Å². The molecule has 138 valence electrons. The number of amides is 1. The lowest BCUT2D eigenvalue weighted by molar-refractivity contribution is -0.148. The topological polar surface area (TPSA) is 81.7 Å². The third-order valence-corrected chi connectivity index (χ3v) is 4.19. The number of hydrogen-bond acceptors (Lipinski definition) is 5. The van der Waals surface area contributed by atoms with Crippen LogP contribution >= 0.6 is 0 Å². The van der Waals surface area contributed by atoms with E-state index >= 15 is 0 Å². The highest BCUT2D eigenvalue weighted by Gasteiger charge is 2.27. The number of carbonyl (C=O) groups is 3. The highest BCUT2D eigenvalue weighted by molar-refractivity contribution is 5.88. The third-order valence-electron chi connectivity index (χ3n) is 4.19. The largest absolute Gasteiger partial charge is 0.469 e. The van der Waals surface area contributed by atoms with E-state index in [4.69, 9.17) is 4.74 Å². The maximum Gasteiger partial charge on any atom is 0.328 e. The lowest BCUT2D eigenvalue weighted by Crippen LogP contribution is -2.44. The van der Waals surface area contributed by atoms with Gasteiger partial charge in [-0.2, -0.15) is 0 Å². The number of rotatable bonds is 7. The van der Waals surface area contributed by atoms with Crippen LogP contribution in [0, 0.1) is 5.92 Å². The predicted octanol–water partition coefficient (Wildman–Crippen LogP) is 2.24. The minimum absolute atomic E-state index is 0.114. The Hall–Kier alpha value is -2.89. The fourth-order valence-corrected chi connectivity index (χ4v) is 2.79. The van der Waals surface area contributed by atoms with Gasteiger partial charge in [0.05, 0.1) is 26.6 Å². The Morgan fingerprint density at radius 1 is 0.962 bits per heavy atom. The summed E-state index contributed by atoms with van der Waals surface area (Å²) in [6.07, 6.45) is 0.244. The summed E-state index contributed by atoms with van der Waals surface area (Å²) in [4.78, 5) is 35.9. The molecule has 0 saturated carbocycles. The Balaban J connectivity index is 2.05. The van der Waals surface area contributed by atoms with Gasteiger partial charge in [-0.3, -0.25) is 9.59 Å². The van der Waals surface area contributed by atoms with Crippen molar-refractivity contribution in [3.05, 3.63) is 48.0 Å². The molecule has 26 heavy (non-hydrogen) atoms. The molecule has 0 unspecified atom stereocenters. The number of nitrogens with one attached hydrogen (secondary N) is 1. The first-order valence-electron chi connectivity index (χ1n) is 8.37. The first-order chi connectivity index (χ1) is 12.4. The first-order valence-corrected chi connectivity index (χ1v) is 8.37. The van der Waals surface area contributed by atoms with Gasteiger partial charge in [-0.25, -0.2) is 4.79 Å².